The zero-order valence-electron chi connectivity index (χ0n) is 41.7. The Bertz CT molecular complexity index is 3230. The second kappa shape index (κ2) is 27.4. The van der Waals surface area contributed by atoms with E-state index in [-0.39, 0.29) is 69.1 Å². The third kappa shape index (κ3) is 14.8. The van der Waals surface area contributed by atoms with Gasteiger partial charge in [0, 0.05) is 103 Å². The summed E-state index contributed by atoms with van der Waals surface area (Å²) in [6.45, 7) is 0. The van der Waals surface area contributed by atoms with E-state index >= 15 is 0 Å². The number of methoxy groups -OCH3 is 2. The Hall–Kier alpha value is -5.62. The topological polar surface area (TPSA) is 133 Å². The highest BCUT2D eigenvalue weighted by Crippen LogP contribution is 2.56. The molecule has 0 saturated heterocycles. The molecule has 442 valence electrons. The summed E-state index contributed by atoms with van der Waals surface area (Å²) in [4.78, 5) is 57.9. The van der Waals surface area contributed by atoms with Gasteiger partial charge in [0.25, 0.3) is 11.8 Å². The quantitative estimate of drug-likeness (QED) is 0.0346. The van der Waals surface area contributed by atoms with Crippen molar-refractivity contribution in [3.8, 4) is 11.5 Å². The van der Waals surface area contributed by atoms with Crippen molar-refractivity contribution < 1.29 is 94.8 Å². The minimum Gasteiger partial charge on any atom is -0.619 e. The van der Waals surface area contributed by atoms with E-state index in [1.54, 1.807) is 6.07 Å². The number of aromatic nitrogens is 2. The van der Waals surface area contributed by atoms with Gasteiger partial charge in [-0.3, -0.25) is 24.2 Å². The van der Waals surface area contributed by atoms with Crippen LogP contribution in [0.15, 0.2) is 128 Å². The van der Waals surface area contributed by atoms with Crippen LogP contribution in [-0.2, 0) is 24.2 Å². The zero-order chi connectivity index (χ0) is 62.2. The molecular weight excluding hydrogens is 1440 g/mol. The van der Waals surface area contributed by atoms with Crippen LogP contribution in [0, 0.1) is 5.21 Å². The van der Waals surface area contributed by atoms with Gasteiger partial charge >= 0.3 is 36.0 Å². The van der Waals surface area contributed by atoms with Gasteiger partial charge in [-0.2, -0.15) is 57.4 Å². The second-order valence-corrected chi connectivity index (χ2v) is 20.8. The van der Waals surface area contributed by atoms with Crippen molar-refractivity contribution in [2.45, 2.75) is 48.9 Å². The number of ether oxygens (including phenoxy) is 2. The van der Waals surface area contributed by atoms with Crippen LogP contribution in [0.2, 0.25) is 0 Å². The van der Waals surface area contributed by atoms with E-state index in [2.05, 4.69) is 68.7 Å². The average molecular weight is 1470 g/mol. The van der Waals surface area contributed by atoms with Crippen LogP contribution < -0.4 is 24.0 Å². The Kier molecular flexibility index (Phi) is 23.0. The first-order valence-corrected chi connectivity index (χ1v) is 26.4. The highest BCUT2D eigenvalue weighted by Gasteiger charge is 2.74. The highest BCUT2D eigenvalue weighted by molar-refractivity contribution is 9.11. The molecule has 82 heavy (non-hydrogen) atoms. The van der Waals surface area contributed by atoms with Gasteiger partial charge in [-0.05, 0) is 112 Å². The lowest BCUT2D eigenvalue weighted by atomic mass is 9.94. The lowest BCUT2D eigenvalue weighted by Crippen LogP contribution is -2.50. The van der Waals surface area contributed by atoms with Crippen molar-refractivity contribution in [1.29, 1.82) is 0 Å². The molecule has 0 radical (unpaired) electrons. The molecule has 6 aromatic rings. The number of para-hydroxylation sites is 2. The van der Waals surface area contributed by atoms with Gasteiger partial charge in [0.2, 0.25) is 0 Å². The maximum absolute atomic E-state index is 14.6. The van der Waals surface area contributed by atoms with Crippen LogP contribution in [0.1, 0.15) is 63.7 Å². The number of Topliss-reactive ketones (excluding diaryl/α,β-unsaturated/α-hetero) is 2. The summed E-state index contributed by atoms with van der Waals surface area (Å²) in [7, 11) is 4.89. The Morgan fingerprint density at radius 2 is 0.829 bits per heavy atom. The van der Waals surface area contributed by atoms with E-state index in [1.165, 1.54) is 95.3 Å². The fraction of sp³-hybridized carbons (Fsp3) is 0.255. The number of amides is 2. The van der Waals surface area contributed by atoms with E-state index in [4.69, 9.17) is 32.7 Å². The van der Waals surface area contributed by atoms with Gasteiger partial charge in [0.1, 0.15) is 11.5 Å². The predicted octanol–water partition coefficient (Wildman–Crippen LogP) is 15.9. The van der Waals surface area contributed by atoms with E-state index < -0.39 is 82.7 Å². The Balaban J connectivity index is 0.000000336. The van der Waals surface area contributed by atoms with E-state index in [1.807, 2.05) is 0 Å². The molecule has 31 heteroatoms. The molecule has 0 saturated carbocycles. The molecule has 4 aromatic carbocycles. The van der Waals surface area contributed by atoms with Crippen LogP contribution in [-0.4, -0.2) is 86.7 Å². The highest BCUT2D eigenvalue weighted by atomic mass is 79.9. The Labute approximate surface area is 499 Å². The first kappa shape index (κ1) is 68.9. The van der Waals surface area contributed by atoms with Crippen LogP contribution in [0.3, 0.4) is 0 Å². The number of hydrogen-bond acceptors (Lipinski definition) is 8. The van der Waals surface area contributed by atoms with Crippen LogP contribution in [0.4, 0.5) is 72.8 Å². The zero-order valence-corrected chi connectivity index (χ0v) is 49.6. The number of carbonyl (C=O) groups excluding carboxylic acids is 4. The summed E-state index contributed by atoms with van der Waals surface area (Å²) in [5, 5.41) is 11.4. The van der Waals surface area contributed by atoms with Crippen molar-refractivity contribution >= 4 is 122 Å². The summed E-state index contributed by atoms with van der Waals surface area (Å²) in [6, 6.07) is 15.6. The van der Waals surface area contributed by atoms with Crippen LogP contribution in [0.25, 0.3) is 0 Å². The third-order valence-corrected chi connectivity index (χ3v) is 14.0. The molecule has 0 atom stereocenters. The minimum atomic E-state index is -6.32. The number of benzene rings is 4. The molecule has 6 rings (SSSR count). The maximum Gasteiger partial charge on any atom is 0.435 e. The first-order valence-electron chi connectivity index (χ1n) is 22.2. The third-order valence-electron chi connectivity index (χ3n) is 11.6. The summed E-state index contributed by atoms with van der Waals surface area (Å²) >= 11 is 21.0. The van der Waals surface area contributed by atoms with Gasteiger partial charge in [0.15, 0.2) is 24.0 Å². The predicted molar refractivity (Wildman–Crippen MR) is 287 cm³/mol. The Morgan fingerprint density at radius 1 is 0.537 bits per heavy atom. The molecule has 0 spiro atoms. The Morgan fingerprint density at radius 3 is 1.11 bits per heavy atom. The molecule has 0 aliphatic rings. The molecule has 0 unspecified atom stereocenters. The van der Waals surface area contributed by atoms with Crippen LogP contribution in [0.5, 0.6) is 11.5 Å². The SMILES string of the molecule is COc1c(CC(=O)c2cc[n+]([O-])cc2)cccc1C(=O)N(C)c1c(Br)cc(C(F)(C(F)(F)F)C(F)(F)F)cc1Br.COc1c(CC(=O)c2ccncc2)cccc1C(=O)N(C)c1c(Br)cc(C(F)(C(F)(F)F)C(F)(F)F)cc1Br.ClCCl. The van der Waals surface area contributed by atoms with Gasteiger partial charge in [-0.15, -0.1) is 23.2 Å². The lowest BCUT2D eigenvalue weighted by Gasteiger charge is -2.31. The normalized spacial score (nSPS) is 12.0. The molecule has 11 nitrogen and oxygen atoms in total. The number of hydrogen-bond donors (Lipinski definition) is 0. The molecular formula is C51H36Br4Cl2F14N4O7. The number of carbonyl (C=O) groups is 4. The smallest absolute Gasteiger partial charge is 0.435 e. The fourth-order valence-electron chi connectivity index (χ4n) is 7.66. The van der Waals surface area contributed by atoms with Gasteiger partial charge < -0.3 is 24.5 Å². The first-order chi connectivity index (χ1) is 37.9. The molecule has 0 fully saturated rings. The van der Waals surface area contributed by atoms with Crippen molar-refractivity contribution in [1.82, 2.24) is 4.98 Å². The molecule has 0 aliphatic heterocycles. The number of rotatable bonds is 14. The minimum absolute atomic E-state index is 0.0108. The number of nitrogens with zero attached hydrogens (tertiary/aromatic N) is 4. The molecule has 2 amide bonds. The summed E-state index contributed by atoms with van der Waals surface area (Å²) in [6.07, 6.45) is -20.5. The van der Waals surface area contributed by atoms with Gasteiger partial charge in [-0.25, -0.2) is 8.78 Å². The summed E-state index contributed by atoms with van der Waals surface area (Å²) < 4.78 is 198. The van der Waals surface area contributed by atoms with E-state index in [9.17, 15) is 85.9 Å². The lowest BCUT2D eigenvalue weighted by molar-refractivity contribution is -0.605. The largest absolute Gasteiger partial charge is 0.619 e. The summed E-state index contributed by atoms with van der Waals surface area (Å²) in [5.41, 5.74) is -14.1. The van der Waals surface area contributed by atoms with E-state index in [0.717, 1.165) is 22.2 Å². The van der Waals surface area contributed by atoms with Crippen LogP contribution >= 0.6 is 86.9 Å². The van der Waals surface area contributed by atoms with Gasteiger partial charge in [-0.1, -0.05) is 24.3 Å². The van der Waals surface area contributed by atoms with Gasteiger partial charge in [0.05, 0.1) is 42.1 Å². The fourth-order valence-corrected chi connectivity index (χ4v) is 11.1. The van der Waals surface area contributed by atoms with Crippen molar-refractivity contribution in [3.63, 3.8) is 0 Å². The number of anilines is 2. The molecule has 0 N–H and O–H groups in total. The summed E-state index contributed by atoms with van der Waals surface area (Å²) in [5.74, 6) is -2.26. The molecule has 0 aliphatic carbocycles. The van der Waals surface area contributed by atoms with E-state index in [0.29, 0.717) is 40.1 Å². The molecule has 2 heterocycles. The monoisotopic (exact) mass is 1470 g/mol. The molecule has 2 aromatic heterocycles. The number of alkyl halides is 16. The number of halogens is 20. The second-order valence-electron chi connectivity index (χ2n) is 16.6. The average Bonchev–Trinajstić information content (AvgIpc) is 3.38. The van der Waals surface area contributed by atoms with Crippen molar-refractivity contribution in [3.05, 3.63) is 177 Å². The number of ketones is 2. The van der Waals surface area contributed by atoms with Crippen molar-refractivity contribution in [2.24, 2.45) is 0 Å². The standard InChI is InChI=1S/C25H17Br2F7N2O4.C25H17Br2F7N2O3.CH2Cl2/c1-35(20-17(26)11-15(12-18(20)27)23(28,24(29,30)31)25(32,33)34)22(38)16-5-3-4-14(21(16)40-2)10-19(37)13-6-8-36(39)9-7-13;1-36(20-17(26)11-15(12-18(20)27)23(28,24(29,30)31)25(32,33)34)22(38)16-5-3-4-14(21(16)39-2)10-19(37)13-6-8-35-9-7-13;2-1-3/h3-9,11-12H,10H2,1-2H3;3-9,11-12H,10H2,1-2H3;1H2. The maximum atomic E-state index is 14.6. The molecule has 0 bridgehead atoms. The number of pyridine rings is 2. The van der Waals surface area contributed by atoms with Crippen molar-refractivity contribution in [2.75, 3.05) is 43.5 Å².